The van der Waals surface area contributed by atoms with Crippen molar-refractivity contribution >= 4 is 17.8 Å². The van der Waals surface area contributed by atoms with Crippen LogP contribution in [0.2, 0.25) is 0 Å². The van der Waals surface area contributed by atoms with Gasteiger partial charge in [-0.25, -0.2) is 9.78 Å². The van der Waals surface area contributed by atoms with Gasteiger partial charge >= 0.3 is 6.09 Å². The fourth-order valence-electron chi connectivity index (χ4n) is 3.14. The summed E-state index contributed by atoms with van der Waals surface area (Å²) in [6, 6.07) is 3.60. The SMILES string of the molecule is CCOC(=O)N1CCN(C(=O)c2ccc(NCC3CCCO3)nc2)CC1. The van der Waals surface area contributed by atoms with E-state index in [1.54, 1.807) is 29.0 Å². The van der Waals surface area contributed by atoms with Crippen molar-refractivity contribution in [2.75, 3.05) is 51.3 Å². The second-order valence-corrected chi connectivity index (χ2v) is 6.43. The molecule has 0 aromatic carbocycles. The van der Waals surface area contributed by atoms with Crippen molar-refractivity contribution in [3.63, 3.8) is 0 Å². The van der Waals surface area contributed by atoms with Crippen LogP contribution in [0.25, 0.3) is 0 Å². The number of piperazine rings is 1. The van der Waals surface area contributed by atoms with Crippen molar-refractivity contribution in [2.24, 2.45) is 0 Å². The highest BCUT2D eigenvalue weighted by Crippen LogP contribution is 2.14. The third-order valence-corrected chi connectivity index (χ3v) is 4.64. The maximum absolute atomic E-state index is 12.6. The van der Waals surface area contributed by atoms with E-state index in [1.807, 2.05) is 6.07 Å². The molecule has 3 rings (SSSR count). The molecular formula is C18H26N4O4. The molecule has 1 aromatic heterocycles. The Morgan fingerprint density at radius 1 is 1.27 bits per heavy atom. The average molecular weight is 362 g/mol. The Labute approximate surface area is 153 Å². The van der Waals surface area contributed by atoms with E-state index in [-0.39, 0.29) is 18.1 Å². The van der Waals surface area contributed by atoms with Crippen molar-refractivity contribution in [3.05, 3.63) is 23.9 Å². The van der Waals surface area contributed by atoms with Crippen LogP contribution in [-0.4, -0.2) is 78.8 Å². The first-order chi connectivity index (χ1) is 12.7. The third kappa shape index (κ3) is 4.63. The molecule has 2 fully saturated rings. The summed E-state index contributed by atoms with van der Waals surface area (Å²) in [5.74, 6) is 0.677. The molecule has 2 aliphatic rings. The Bertz CT molecular complexity index is 608. The number of rotatable bonds is 5. The van der Waals surface area contributed by atoms with Crippen molar-refractivity contribution in [1.82, 2.24) is 14.8 Å². The second kappa shape index (κ2) is 8.84. The van der Waals surface area contributed by atoms with E-state index >= 15 is 0 Å². The van der Waals surface area contributed by atoms with Crippen LogP contribution in [0.4, 0.5) is 10.6 Å². The summed E-state index contributed by atoms with van der Waals surface area (Å²) < 4.78 is 10.6. The van der Waals surface area contributed by atoms with Gasteiger partial charge in [0.25, 0.3) is 5.91 Å². The molecule has 2 saturated heterocycles. The number of carbonyl (C=O) groups is 2. The highest BCUT2D eigenvalue weighted by atomic mass is 16.6. The van der Waals surface area contributed by atoms with Crippen LogP contribution in [0.3, 0.4) is 0 Å². The van der Waals surface area contributed by atoms with Crippen LogP contribution in [0.15, 0.2) is 18.3 Å². The number of ether oxygens (including phenoxy) is 2. The van der Waals surface area contributed by atoms with Crippen LogP contribution >= 0.6 is 0 Å². The van der Waals surface area contributed by atoms with Gasteiger partial charge in [-0.05, 0) is 31.9 Å². The second-order valence-electron chi connectivity index (χ2n) is 6.43. The summed E-state index contributed by atoms with van der Waals surface area (Å²) in [7, 11) is 0. The van der Waals surface area contributed by atoms with E-state index in [9.17, 15) is 9.59 Å². The quantitative estimate of drug-likeness (QED) is 0.856. The predicted molar refractivity (Wildman–Crippen MR) is 96.2 cm³/mol. The van der Waals surface area contributed by atoms with Gasteiger partial charge in [-0.1, -0.05) is 0 Å². The lowest BCUT2D eigenvalue weighted by Crippen LogP contribution is -2.50. The Kier molecular flexibility index (Phi) is 6.27. The molecule has 8 heteroatoms. The first-order valence-corrected chi connectivity index (χ1v) is 9.20. The van der Waals surface area contributed by atoms with Gasteiger partial charge in [0.05, 0.1) is 18.3 Å². The van der Waals surface area contributed by atoms with Gasteiger partial charge in [0.2, 0.25) is 0 Å². The number of carbonyl (C=O) groups excluding carboxylic acids is 2. The molecule has 0 bridgehead atoms. The standard InChI is InChI=1S/C18H26N4O4/c1-2-25-18(24)22-9-7-21(8-10-22)17(23)14-5-6-16(19-12-14)20-13-15-4-3-11-26-15/h5-6,12,15H,2-4,7-11,13H2,1H3,(H,19,20). The van der Waals surface area contributed by atoms with Gasteiger partial charge < -0.3 is 24.6 Å². The van der Waals surface area contributed by atoms with E-state index in [4.69, 9.17) is 9.47 Å². The van der Waals surface area contributed by atoms with E-state index in [1.165, 1.54) is 0 Å². The lowest BCUT2D eigenvalue weighted by Gasteiger charge is -2.34. The zero-order valence-electron chi connectivity index (χ0n) is 15.1. The van der Waals surface area contributed by atoms with Crippen molar-refractivity contribution in [2.45, 2.75) is 25.9 Å². The number of aromatic nitrogens is 1. The summed E-state index contributed by atoms with van der Waals surface area (Å²) in [4.78, 5) is 32.0. The number of hydrogen-bond donors (Lipinski definition) is 1. The molecule has 8 nitrogen and oxygen atoms in total. The molecule has 3 heterocycles. The molecule has 0 radical (unpaired) electrons. The molecule has 1 atom stereocenters. The Morgan fingerprint density at radius 2 is 2.04 bits per heavy atom. The fourth-order valence-corrected chi connectivity index (χ4v) is 3.14. The van der Waals surface area contributed by atoms with Crippen molar-refractivity contribution in [1.29, 1.82) is 0 Å². The van der Waals surface area contributed by atoms with Crippen LogP contribution in [0, 0.1) is 0 Å². The average Bonchev–Trinajstić information content (AvgIpc) is 3.20. The smallest absolute Gasteiger partial charge is 0.409 e. The minimum absolute atomic E-state index is 0.0633. The molecule has 142 valence electrons. The predicted octanol–water partition coefficient (Wildman–Crippen LogP) is 1.59. The molecular weight excluding hydrogens is 336 g/mol. The Balaban J connectivity index is 1.48. The normalized spacial score (nSPS) is 20.1. The van der Waals surface area contributed by atoms with Crippen LogP contribution in [0.1, 0.15) is 30.1 Å². The maximum Gasteiger partial charge on any atom is 0.409 e. The van der Waals surface area contributed by atoms with Crippen LogP contribution < -0.4 is 5.32 Å². The zero-order chi connectivity index (χ0) is 18.4. The number of pyridine rings is 1. The fraction of sp³-hybridized carbons (Fsp3) is 0.611. The molecule has 26 heavy (non-hydrogen) atoms. The first kappa shape index (κ1) is 18.4. The number of nitrogens with one attached hydrogen (secondary N) is 1. The van der Waals surface area contributed by atoms with Crippen molar-refractivity contribution < 1.29 is 19.1 Å². The molecule has 2 amide bonds. The lowest BCUT2D eigenvalue weighted by molar-refractivity contribution is 0.0570. The Morgan fingerprint density at radius 3 is 2.65 bits per heavy atom. The monoisotopic (exact) mass is 362 g/mol. The van der Waals surface area contributed by atoms with Crippen LogP contribution in [0.5, 0.6) is 0 Å². The van der Waals surface area contributed by atoms with Gasteiger partial charge in [0.1, 0.15) is 5.82 Å². The highest BCUT2D eigenvalue weighted by Gasteiger charge is 2.25. The third-order valence-electron chi connectivity index (χ3n) is 4.64. The molecule has 0 spiro atoms. The largest absolute Gasteiger partial charge is 0.450 e. The van der Waals surface area contributed by atoms with E-state index in [2.05, 4.69) is 10.3 Å². The molecule has 2 aliphatic heterocycles. The van der Waals surface area contributed by atoms with E-state index in [0.717, 1.165) is 31.8 Å². The summed E-state index contributed by atoms with van der Waals surface area (Å²) in [5.41, 5.74) is 0.553. The van der Waals surface area contributed by atoms with Crippen molar-refractivity contribution in [3.8, 4) is 0 Å². The molecule has 1 N–H and O–H groups in total. The van der Waals surface area contributed by atoms with E-state index in [0.29, 0.717) is 38.3 Å². The van der Waals surface area contributed by atoms with Gasteiger partial charge in [0.15, 0.2) is 0 Å². The van der Waals surface area contributed by atoms with Gasteiger partial charge in [-0.2, -0.15) is 0 Å². The van der Waals surface area contributed by atoms with Crippen LogP contribution in [-0.2, 0) is 9.47 Å². The highest BCUT2D eigenvalue weighted by molar-refractivity contribution is 5.94. The summed E-state index contributed by atoms with van der Waals surface area (Å²) in [5, 5.41) is 3.24. The topological polar surface area (TPSA) is 84.0 Å². The van der Waals surface area contributed by atoms with E-state index < -0.39 is 0 Å². The molecule has 1 unspecified atom stereocenters. The van der Waals surface area contributed by atoms with Gasteiger partial charge in [-0.15, -0.1) is 0 Å². The maximum atomic E-state index is 12.6. The number of nitrogens with zero attached hydrogens (tertiary/aromatic N) is 3. The summed E-state index contributed by atoms with van der Waals surface area (Å²) in [6.45, 7) is 5.67. The molecule has 1 aromatic rings. The number of hydrogen-bond acceptors (Lipinski definition) is 6. The van der Waals surface area contributed by atoms with Gasteiger partial charge in [-0.3, -0.25) is 4.79 Å². The molecule has 0 saturated carbocycles. The lowest BCUT2D eigenvalue weighted by atomic mass is 10.2. The first-order valence-electron chi connectivity index (χ1n) is 9.20. The minimum atomic E-state index is -0.317. The zero-order valence-corrected chi connectivity index (χ0v) is 15.1. The van der Waals surface area contributed by atoms with Gasteiger partial charge in [0, 0.05) is 45.5 Å². The number of anilines is 1. The minimum Gasteiger partial charge on any atom is -0.450 e. The molecule has 0 aliphatic carbocycles. The number of amides is 2. The summed E-state index contributed by atoms with van der Waals surface area (Å²) >= 11 is 0. The Hall–Kier alpha value is -2.35. The summed E-state index contributed by atoms with van der Waals surface area (Å²) in [6.07, 6.45) is 3.70.